The first kappa shape index (κ1) is 14.7. The number of carbonyl (C=O) groups is 1. The van der Waals surface area contributed by atoms with E-state index in [1.807, 2.05) is 31.2 Å². The Morgan fingerprint density at radius 3 is 2.60 bits per heavy atom. The van der Waals surface area contributed by atoms with Gasteiger partial charge in [0, 0.05) is 13.0 Å². The number of ether oxygens (including phenoxy) is 2. The van der Waals surface area contributed by atoms with Crippen molar-refractivity contribution in [1.82, 2.24) is 4.90 Å². The summed E-state index contributed by atoms with van der Waals surface area (Å²) in [5.41, 5.74) is 1.02. The topological polar surface area (TPSA) is 59.0 Å². The number of aliphatic hydroxyl groups excluding tert-OH is 1. The molecule has 1 aliphatic rings. The molecule has 1 heterocycles. The molecule has 20 heavy (non-hydrogen) atoms. The van der Waals surface area contributed by atoms with Crippen LogP contribution in [0, 0.1) is 0 Å². The monoisotopic (exact) mass is 279 g/mol. The van der Waals surface area contributed by atoms with Crippen LogP contribution in [0.1, 0.15) is 25.8 Å². The summed E-state index contributed by atoms with van der Waals surface area (Å²) >= 11 is 0. The van der Waals surface area contributed by atoms with E-state index in [9.17, 15) is 9.90 Å². The lowest BCUT2D eigenvalue weighted by atomic mass is 10.1. The highest BCUT2D eigenvalue weighted by atomic mass is 16.6. The number of benzene rings is 1. The van der Waals surface area contributed by atoms with Crippen LogP contribution in [0.15, 0.2) is 24.3 Å². The third-order valence-corrected chi connectivity index (χ3v) is 3.60. The predicted octanol–water partition coefficient (Wildman–Crippen LogP) is 2.18. The van der Waals surface area contributed by atoms with Crippen LogP contribution in [0.4, 0.5) is 4.79 Å². The summed E-state index contributed by atoms with van der Waals surface area (Å²) in [6.07, 6.45) is -0.581. The van der Waals surface area contributed by atoms with E-state index in [4.69, 9.17) is 9.47 Å². The largest absolute Gasteiger partial charge is 0.497 e. The van der Waals surface area contributed by atoms with E-state index in [1.165, 1.54) is 0 Å². The number of amides is 1. The molecule has 1 fully saturated rings. The zero-order chi connectivity index (χ0) is 14.7. The maximum absolute atomic E-state index is 11.9. The highest BCUT2D eigenvalue weighted by molar-refractivity contribution is 5.70. The minimum atomic E-state index is -0.476. The number of cyclic esters (lactones) is 1. The van der Waals surface area contributed by atoms with Crippen LogP contribution in [0.3, 0.4) is 0 Å². The summed E-state index contributed by atoms with van der Waals surface area (Å²) < 4.78 is 10.4. The van der Waals surface area contributed by atoms with E-state index in [0.717, 1.165) is 11.3 Å². The maximum atomic E-state index is 11.9. The number of hydrogen-bond acceptors (Lipinski definition) is 4. The first-order chi connectivity index (χ1) is 9.51. The minimum Gasteiger partial charge on any atom is -0.497 e. The summed E-state index contributed by atoms with van der Waals surface area (Å²) in [6, 6.07) is 7.56. The quantitative estimate of drug-likeness (QED) is 0.897. The molecule has 0 saturated carbocycles. The molecular formula is C15H21NO4. The summed E-state index contributed by atoms with van der Waals surface area (Å²) in [6.45, 7) is 4.15. The molecular weight excluding hydrogens is 258 g/mol. The summed E-state index contributed by atoms with van der Waals surface area (Å²) in [5.74, 6) is 0.790. The van der Waals surface area contributed by atoms with E-state index in [-0.39, 0.29) is 18.2 Å². The van der Waals surface area contributed by atoms with Crippen LogP contribution < -0.4 is 4.74 Å². The van der Waals surface area contributed by atoms with Crippen molar-refractivity contribution < 1.29 is 19.4 Å². The predicted molar refractivity (Wildman–Crippen MR) is 74.6 cm³/mol. The summed E-state index contributed by atoms with van der Waals surface area (Å²) in [7, 11) is 1.62. The Bertz CT molecular complexity index is 457. The molecule has 0 radical (unpaired) electrons. The van der Waals surface area contributed by atoms with Crippen molar-refractivity contribution in [1.29, 1.82) is 0 Å². The van der Waals surface area contributed by atoms with Crippen LogP contribution >= 0.6 is 0 Å². The van der Waals surface area contributed by atoms with Crippen molar-refractivity contribution in [3.63, 3.8) is 0 Å². The fraction of sp³-hybridized carbons (Fsp3) is 0.533. The average molecular weight is 279 g/mol. The molecule has 1 saturated heterocycles. The van der Waals surface area contributed by atoms with Gasteiger partial charge in [0.15, 0.2) is 0 Å². The summed E-state index contributed by atoms with van der Waals surface area (Å²) in [4.78, 5) is 13.6. The zero-order valence-corrected chi connectivity index (χ0v) is 12.1. The Labute approximate surface area is 119 Å². The van der Waals surface area contributed by atoms with Crippen molar-refractivity contribution >= 4 is 6.09 Å². The highest BCUT2D eigenvalue weighted by Crippen LogP contribution is 2.25. The maximum Gasteiger partial charge on any atom is 0.410 e. The number of rotatable bonds is 5. The third-order valence-electron chi connectivity index (χ3n) is 3.60. The first-order valence-corrected chi connectivity index (χ1v) is 6.79. The van der Waals surface area contributed by atoms with Gasteiger partial charge in [-0.1, -0.05) is 12.1 Å². The Balaban J connectivity index is 2.02. The second-order valence-electron chi connectivity index (χ2n) is 5.22. The Morgan fingerprint density at radius 1 is 1.40 bits per heavy atom. The lowest BCUT2D eigenvalue weighted by molar-refractivity contribution is 0.0835. The normalized spacial score (nSPS) is 23.6. The SMILES string of the molecule is COc1ccc(CN2C(=O)O[C@H](C[C@@H](C)O)[C@@H]2C)cc1. The van der Waals surface area contributed by atoms with Crippen molar-refractivity contribution in [2.75, 3.05) is 7.11 Å². The second-order valence-corrected chi connectivity index (χ2v) is 5.22. The van der Waals surface area contributed by atoms with Gasteiger partial charge in [0.2, 0.25) is 0 Å². The van der Waals surface area contributed by atoms with Crippen molar-refractivity contribution in [3.8, 4) is 5.75 Å². The average Bonchev–Trinajstić information content (AvgIpc) is 2.66. The minimum absolute atomic E-state index is 0.0424. The third kappa shape index (κ3) is 3.22. The lowest BCUT2D eigenvalue weighted by Gasteiger charge is -2.21. The number of hydrogen-bond donors (Lipinski definition) is 1. The zero-order valence-electron chi connectivity index (χ0n) is 12.1. The Hall–Kier alpha value is -1.75. The van der Waals surface area contributed by atoms with Crippen LogP contribution in [0.25, 0.3) is 0 Å². The highest BCUT2D eigenvalue weighted by Gasteiger charge is 2.38. The van der Waals surface area contributed by atoms with E-state index >= 15 is 0 Å². The van der Waals surface area contributed by atoms with E-state index < -0.39 is 6.10 Å². The lowest BCUT2D eigenvalue weighted by Crippen LogP contribution is -2.34. The fourth-order valence-electron chi connectivity index (χ4n) is 2.38. The van der Waals surface area contributed by atoms with Gasteiger partial charge in [-0.2, -0.15) is 0 Å². The molecule has 1 N–H and O–H groups in total. The van der Waals surface area contributed by atoms with Crippen molar-refractivity contribution in [3.05, 3.63) is 29.8 Å². The van der Waals surface area contributed by atoms with Gasteiger partial charge in [0.1, 0.15) is 11.9 Å². The smallest absolute Gasteiger partial charge is 0.410 e. The van der Waals surface area contributed by atoms with Crippen LogP contribution in [0.2, 0.25) is 0 Å². The van der Waals surface area contributed by atoms with Gasteiger partial charge in [-0.05, 0) is 31.5 Å². The molecule has 1 amide bonds. The molecule has 110 valence electrons. The van der Waals surface area contributed by atoms with E-state index in [0.29, 0.717) is 13.0 Å². The van der Waals surface area contributed by atoms with Gasteiger partial charge in [0.05, 0.1) is 19.3 Å². The van der Waals surface area contributed by atoms with Crippen LogP contribution in [-0.2, 0) is 11.3 Å². The molecule has 0 bridgehead atoms. The first-order valence-electron chi connectivity index (χ1n) is 6.79. The van der Waals surface area contributed by atoms with Crippen LogP contribution in [0.5, 0.6) is 5.75 Å². The van der Waals surface area contributed by atoms with Gasteiger partial charge >= 0.3 is 6.09 Å². The van der Waals surface area contributed by atoms with Gasteiger partial charge < -0.3 is 14.6 Å². The molecule has 5 heteroatoms. The molecule has 0 spiro atoms. The van der Waals surface area contributed by atoms with E-state index in [2.05, 4.69) is 0 Å². The van der Waals surface area contributed by atoms with Crippen molar-refractivity contribution in [2.24, 2.45) is 0 Å². The fourth-order valence-corrected chi connectivity index (χ4v) is 2.38. The molecule has 1 aromatic rings. The van der Waals surface area contributed by atoms with Crippen molar-refractivity contribution in [2.45, 2.75) is 45.1 Å². The standard InChI is InChI=1S/C15H21NO4/c1-10(17)8-14-11(2)16(15(18)20-14)9-12-4-6-13(19-3)7-5-12/h4-7,10-11,14,17H,8-9H2,1-3H3/t10-,11+,14-/m1/s1. The van der Waals surface area contributed by atoms with Crippen LogP contribution in [-0.4, -0.2) is 41.5 Å². The van der Waals surface area contributed by atoms with E-state index in [1.54, 1.807) is 18.9 Å². The molecule has 0 unspecified atom stereocenters. The number of methoxy groups -OCH3 is 1. The Kier molecular flexibility index (Phi) is 4.49. The summed E-state index contributed by atoms with van der Waals surface area (Å²) in [5, 5.41) is 9.43. The second kappa shape index (κ2) is 6.13. The Morgan fingerprint density at radius 2 is 2.05 bits per heavy atom. The molecule has 0 aliphatic carbocycles. The molecule has 0 aromatic heterocycles. The van der Waals surface area contributed by atoms with Gasteiger partial charge in [-0.3, -0.25) is 4.90 Å². The molecule has 3 atom stereocenters. The van der Waals surface area contributed by atoms with Gasteiger partial charge in [0.25, 0.3) is 0 Å². The molecule has 2 rings (SSSR count). The van der Waals surface area contributed by atoms with Gasteiger partial charge in [-0.25, -0.2) is 4.79 Å². The van der Waals surface area contributed by atoms with Gasteiger partial charge in [-0.15, -0.1) is 0 Å². The molecule has 1 aliphatic heterocycles. The molecule has 5 nitrogen and oxygen atoms in total. The number of nitrogens with zero attached hydrogens (tertiary/aromatic N) is 1. The number of aliphatic hydroxyl groups is 1. The molecule has 1 aromatic carbocycles. The number of carbonyl (C=O) groups excluding carboxylic acids is 1.